The molecule has 2 N–H and O–H groups in total. The van der Waals surface area contributed by atoms with Gasteiger partial charge in [-0.25, -0.2) is 0 Å². The Morgan fingerprint density at radius 2 is 2.21 bits per heavy atom. The van der Waals surface area contributed by atoms with Gasteiger partial charge < -0.3 is 15.4 Å². The van der Waals surface area contributed by atoms with Gasteiger partial charge in [0.2, 0.25) is 5.91 Å². The topological polar surface area (TPSA) is 50.4 Å². The van der Waals surface area contributed by atoms with Crippen LogP contribution in [0.4, 0.5) is 0 Å². The van der Waals surface area contributed by atoms with Crippen molar-refractivity contribution in [2.24, 2.45) is 5.92 Å². The molecule has 1 saturated heterocycles. The maximum Gasteiger partial charge on any atom is 0.223 e. The molecule has 0 radical (unpaired) electrons. The number of amides is 1. The van der Waals surface area contributed by atoms with Gasteiger partial charge in [0.1, 0.15) is 0 Å². The molecule has 14 heavy (non-hydrogen) atoms. The summed E-state index contributed by atoms with van der Waals surface area (Å²) in [6.07, 6.45) is 3.46. The summed E-state index contributed by atoms with van der Waals surface area (Å²) >= 11 is 0. The van der Waals surface area contributed by atoms with Crippen LogP contribution in [0.15, 0.2) is 0 Å². The van der Waals surface area contributed by atoms with Crippen LogP contribution in [0.5, 0.6) is 0 Å². The van der Waals surface area contributed by atoms with E-state index in [9.17, 15) is 4.79 Å². The zero-order valence-corrected chi connectivity index (χ0v) is 8.58. The van der Waals surface area contributed by atoms with Gasteiger partial charge in [-0.2, -0.15) is 0 Å². The minimum Gasteiger partial charge on any atom is -0.378 e. The summed E-state index contributed by atoms with van der Waals surface area (Å²) in [5.74, 6) is 0.486. The van der Waals surface area contributed by atoms with E-state index in [-0.39, 0.29) is 24.0 Å². The van der Waals surface area contributed by atoms with Gasteiger partial charge >= 0.3 is 0 Å². The number of hydrogen-bond donors (Lipinski definition) is 2. The maximum atomic E-state index is 11.6. The van der Waals surface area contributed by atoms with Gasteiger partial charge in [0.25, 0.3) is 0 Å². The molecule has 0 aromatic heterocycles. The fourth-order valence-electron chi connectivity index (χ4n) is 2.02. The molecule has 0 aromatic rings. The minimum atomic E-state index is 0.138. The van der Waals surface area contributed by atoms with Gasteiger partial charge in [0.05, 0.1) is 12.1 Å². The predicted molar refractivity (Wildman–Crippen MR) is 52.9 cm³/mol. The smallest absolute Gasteiger partial charge is 0.223 e. The van der Waals surface area contributed by atoms with Crippen LogP contribution in [0.25, 0.3) is 0 Å². The number of ether oxygens (including phenoxy) is 1. The highest BCUT2D eigenvalue weighted by atomic mass is 16.5. The van der Waals surface area contributed by atoms with Crippen LogP contribution in [-0.2, 0) is 9.53 Å². The summed E-state index contributed by atoms with van der Waals surface area (Å²) in [6.45, 7) is 1.67. The maximum absolute atomic E-state index is 11.6. The van der Waals surface area contributed by atoms with E-state index in [0.29, 0.717) is 0 Å². The minimum absolute atomic E-state index is 0.138. The third-order valence-electron chi connectivity index (χ3n) is 3.26. The summed E-state index contributed by atoms with van der Waals surface area (Å²) in [7, 11) is 1.69. The van der Waals surface area contributed by atoms with Crippen LogP contribution in [0, 0.1) is 5.92 Å². The number of hydrogen-bond acceptors (Lipinski definition) is 3. The zero-order chi connectivity index (χ0) is 9.97. The average molecular weight is 198 g/mol. The largest absolute Gasteiger partial charge is 0.378 e. The quantitative estimate of drug-likeness (QED) is 0.665. The molecule has 4 heteroatoms. The molecule has 0 bridgehead atoms. The normalized spacial score (nSPS) is 32.6. The molecule has 0 unspecified atom stereocenters. The first-order valence-corrected chi connectivity index (χ1v) is 5.35. The van der Waals surface area contributed by atoms with E-state index in [1.54, 1.807) is 7.11 Å². The second kappa shape index (κ2) is 4.28. The summed E-state index contributed by atoms with van der Waals surface area (Å²) < 4.78 is 5.28. The van der Waals surface area contributed by atoms with Crippen molar-refractivity contribution < 1.29 is 9.53 Å². The lowest BCUT2D eigenvalue weighted by molar-refractivity contribution is -0.128. The standard InChI is InChI=1S/C10H18N2O2/c1-14-9-6-11-5-8(9)12-10(13)7-3-2-4-7/h7-9,11H,2-6H2,1H3,(H,12,13)/t8-,9-/m0/s1. The Hall–Kier alpha value is -0.610. The second-order valence-corrected chi connectivity index (χ2v) is 4.18. The molecule has 2 fully saturated rings. The summed E-state index contributed by atoms with van der Waals surface area (Å²) in [5.41, 5.74) is 0. The lowest BCUT2D eigenvalue weighted by Crippen LogP contribution is -2.47. The van der Waals surface area contributed by atoms with Crippen molar-refractivity contribution in [3.63, 3.8) is 0 Å². The van der Waals surface area contributed by atoms with Crippen molar-refractivity contribution in [3.05, 3.63) is 0 Å². The van der Waals surface area contributed by atoms with Gasteiger partial charge in [-0.15, -0.1) is 0 Å². The van der Waals surface area contributed by atoms with E-state index in [2.05, 4.69) is 10.6 Å². The van der Waals surface area contributed by atoms with Crippen molar-refractivity contribution in [1.82, 2.24) is 10.6 Å². The van der Waals surface area contributed by atoms with Crippen molar-refractivity contribution in [2.75, 3.05) is 20.2 Å². The highest BCUT2D eigenvalue weighted by Crippen LogP contribution is 2.26. The van der Waals surface area contributed by atoms with E-state index in [1.165, 1.54) is 6.42 Å². The second-order valence-electron chi connectivity index (χ2n) is 4.18. The molecule has 1 aliphatic heterocycles. The molecule has 1 saturated carbocycles. The number of nitrogens with one attached hydrogen (secondary N) is 2. The SMILES string of the molecule is CO[C@H]1CNC[C@@H]1NC(=O)C1CCC1. The molecule has 2 atom stereocenters. The summed E-state index contributed by atoms with van der Waals surface area (Å²) in [6, 6.07) is 0.160. The van der Waals surface area contributed by atoms with Crippen molar-refractivity contribution in [3.8, 4) is 0 Å². The molecular weight excluding hydrogens is 180 g/mol. The third kappa shape index (κ3) is 1.91. The number of methoxy groups -OCH3 is 1. The highest BCUT2D eigenvalue weighted by molar-refractivity contribution is 5.79. The Morgan fingerprint density at radius 1 is 1.43 bits per heavy atom. The molecule has 2 rings (SSSR count). The average Bonchev–Trinajstić information content (AvgIpc) is 2.48. The predicted octanol–water partition coefficient (Wildman–Crippen LogP) is -0.111. The molecule has 4 nitrogen and oxygen atoms in total. The van der Waals surface area contributed by atoms with E-state index in [1.807, 2.05) is 0 Å². The zero-order valence-electron chi connectivity index (χ0n) is 8.58. The Kier molecular flexibility index (Phi) is 3.03. The van der Waals surface area contributed by atoms with E-state index >= 15 is 0 Å². The van der Waals surface area contributed by atoms with E-state index in [4.69, 9.17) is 4.74 Å². The molecule has 0 aromatic carbocycles. The number of carbonyl (C=O) groups excluding carboxylic acids is 1. The van der Waals surface area contributed by atoms with E-state index < -0.39 is 0 Å². The van der Waals surface area contributed by atoms with Crippen LogP contribution < -0.4 is 10.6 Å². The molecular formula is C10H18N2O2. The third-order valence-corrected chi connectivity index (χ3v) is 3.26. The van der Waals surface area contributed by atoms with Gasteiger partial charge in [-0.05, 0) is 12.8 Å². The van der Waals surface area contributed by atoms with Gasteiger partial charge in [0.15, 0.2) is 0 Å². The number of carbonyl (C=O) groups is 1. The molecule has 0 spiro atoms. The summed E-state index contributed by atoms with van der Waals surface area (Å²) in [5, 5.41) is 6.27. The highest BCUT2D eigenvalue weighted by Gasteiger charge is 2.32. The Bertz CT molecular complexity index is 216. The van der Waals surface area contributed by atoms with E-state index in [0.717, 1.165) is 25.9 Å². The van der Waals surface area contributed by atoms with Gasteiger partial charge in [0, 0.05) is 26.1 Å². The first-order valence-electron chi connectivity index (χ1n) is 5.35. The van der Waals surface area contributed by atoms with Crippen LogP contribution in [0.1, 0.15) is 19.3 Å². The van der Waals surface area contributed by atoms with Crippen molar-refractivity contribution in [2.45, 2.75) is 31.4 Å². The first-order chi connectivity index (χ1) is 6.81. The van der Waals surface area contributed by atoms with Crippen molar-refractivity contribution >= 4 is 5.91 Å². The van der Waals surface area contributed by atoms with Crippen molar-refractivity contribution in [1.29, 1.82) is 0 Å². The molecule has 2 aliphatic rings. The Labute approximate surface area is 84.4 Å². The number of rotatable bonds is 3. The lowest BCUT2D eigenvalue weighted by Gasteiger charge is -2.27. The van der Waals surface area contributed by atoms with Crippen LogP contribution in [0.3, 0.4) is 0 Å². The summed E-state index contributed by atoms with van der Waals surface area (Å²) in [4.78, 5) is 11.6. The molecule has 1 heterocycles. The molecule has 1 aliphatic carbocycles. The van der Waals surface area contributed by atoms with Crippen LogP contribution in [0.2, 0.25) is 0 Å². The lowest BCUT2D eigenvalue weighted by atomic mass is 9.84. The van der Waals surface area contributed by atoms with Crippen LogP contribution in [-0.4, -0.2) is 38.3 Å². The fourth-order valence-corrected chi connectivity index (χ4v) is 2.02. The molecule has 80 valence electrons. The Balaban J connectivity index is 1.80. The Morgan fingerprint density at radius 3 is 2.79 bits per heavy atom. The van der Waals surface area contributed by atoms with Gasteiger partial charge in [-0.3, -0.25) is 4.79 Å². The van der Waals surface area contributed by atoms with Gasteiger partial charge in [-0.1, -0.05) is 6.42 Å². The van der Waals surface area contributed by atoms with Crippen LogP contribution >= 0.6 is 0 Å². The fraction of sp³-hybridized carbons (Fsp3) is 0.900. The first kappa shape index (κ1) is 9.93. The monoisotopic (exact) mass is 198 g/mol. The molecule has 1 amide bonds.